The number of hydrogen-bond donors (Lipinski definition) is 1. The fourth-order valence-corrected chi connectivity index (χ4v) is 2.00. The summed E-state index contributed by atoms with van der Waals surface area (Å²) in [6.45, 7) is 0.299. The van der Waals surface area contributed by atoms with Crippen molar-refractivity contribution in [3.63, 3.8) is 0 Å². The lowest BCUT2D eigenvalue weighted by Crippen LogP contribution is -2.23. The average Bonchev–Trinajstić information content (AvgIpc) is 2.54. The zero-order valence-electron chi connectivity index (χ0n) is 11.4. The molecule has 1 aromatic carbocycles. The van der Waals surface area contributed by atoms with Crippen LogP contribution in [-0.2, 0) is 11.3 Å². The van der Waals surface area contributed by atoms with Gasteiger partial charge in [0.05, 0.1) is 10.0 Å². The standard InChI is InChI=1S/C16H11Cl2N3O/c17-14-4-3-11(7-15(14)18)6-13(8-19)16(22)21-10-12-2-1-5-20-9-12/h1-7,9H,10H2,(H,21,22). The highest BCUT2D eigenvalue weighted by Crippen LogP contribution is 2.23. The van der Waals surface area contributed by atoms with Crippen molar-refractivity contribution < 1.29 is 4.79 Å². The van der Waals surface area contributed by atoms with Gasteiger partial charge in [-0.1, -0.05) is 35.3 Å². The molecule has 0 radical (unpaired) electrons. The molecule has 1 aromatic heterocycles. The number of benzene rings is 1. The zero-order valence-corrected chi connectivity index (χ0v) is 12.9. The molecule has 0 bridgehead atoms. The zero-order chi connectivity index (χ0) is 15.9. The molecule has 0 unspecified atom stereocenters. The Labute approximate surface area is 138 Å². The molecule has 1 N–H and O–H groups in total. The molecule has 4 nitrogen and oxygen atoms in total. The third kappa shape index (κ3) is 4.32. The Bertz CT molecular complexity index is 752. The maximum absolute atomic E-state index is 12.0. The Morgan fingerprint density at radius 2 is 2.14 bits per heavy atom. The Kier molecular flexibility index (Phi) is 5.54. The number of hydrogen-bond acceptors (Lipinski definition) is 3. The van der Waals surface area contributed by atoms with Crippen molar-refractivity contribution in [2.24, 2.45) is 0 Å². The molecule has 22 heavy (non-hydrogen) atoms. The molecule has 110 valence electrons. The molecule has 0 saturated heterocycles. The van der Waals surface area contributed by atoms with E-state index in [1.165, 1.54) is 6.08 Å². The molecule has 1 heterocycles. The molecule has 6 heteroatoms. The monoisotopic (exact) mass is 331 g/mol. The predicted octanol–water partition coefficient (Wildman–Crippen LogP) is 3.61. The van der Waals surface area contributed by atoms with Crippen LogP contribution in [0.25, 0.3) is 6.08 Å². The van der Waals surface area contributed by atoms with E-state index in [-0.39, 0.29) is 5.57 Å². The largest absolute Gasteiger partial charge is 0.347 e. The van der Waals surface area contributed by atoms with Crippen molar-refractivity contribution in [2.45, 2.75) is 6.54 Å². The lowest BCUT2D eigenvalue weighted by Gasteiger charge is -2.04. The van der Waals surface area contributed by atoms with E-state index in [1.807, 2.05) is 12.1 Å². The van der Waals surface area contributed by atoms with Crippen LogP contribution < -0.4 is 5.32 Å². The van der Waals surface area contributed by atoms with Crippen LogP contribution in [0.5, 0.6) is 0 Å². The molecule has 0 saturated carbocycles. The number of aromatic nitrogens is 1. The summed E-state index contributed by atoms with van der Waals surface area (Å²) in [6, 6.07) is 10.4. The van der Waals surface area contributed by atoms with Gasteiger partial charge < -0.3 is 5.32 Å². The quantitative estimate of drug-likeness (QED) is 0.687. The Hall–Kier alpha value is -2.35. The Morgan fingerprint density at radius 1 is 1.32 bits per heavy atom. The normalized spacial score (nSPS) is 10.9. The first kappa shape index (κ1) is 16.0. The summed E-state index contributed by atoms with van der Waals surface area (Å²) in [6.07, 6.45) is 4.76. The van der Waals surface area contributed by atoms with Gasteiger partial charge in [0, 0.05) is 18.9 Å². The summed E-state index contributed by atoms with van der Waals surface area (Å²) in [7, 11) is 0. The summed E-state index contributed by atoms with van der Waals surface area (Å²) in [5.74, 6) is -0.461. The highest BCUT2D eigenvalue weighted by atomic mass is 35.5. The maximum Gasteiger partial charge on any atom is 0.262 e. The first-order valence-corrected chi connectivity index (χ1v) is 7.09. The number of pyridine rings is 1. The van der Waals surface area contributed by atoms with Gasteiger partial charge in [-0.05, 0) is 35.4 Å². The van der Waals surface area contributed by atoms with Crippen LogP contribution in [-0.4, -0.2) is 10.9 Å². The topological polar surface area (TPSA) is 65.8 Å². The van der Waals surface area contributed by atoms with Crippen molar-refractivity contribution in [2.75, 3.05) is 0 Å². The van der Waals surface area contributed by atoms with E-state index in [0.29, 0.717) is 22.2 Å². The van der Waals surface area contributed by atoms with Gasteiger partial charge in [-0.2, -0.15) is 5.26 Å². The Morgan fingerprint density at radius 3 is 2.77 bits per heavy atom. The molecule has 0 aliphatic rings. The second-order valence-corrected chi connectivity index (χ2v) is 5.20. The van der Waals surface area contributed by atoms with Crippen LogP contribution in [0.15, 0.2) is 48.3 Å². The van der Waals surface area contributed by atoms with Crippen molar-refractivity contribution >= 4 is 35.2 Å². The van der Waals surface area contributed by atoms with Crippen molar-refractivity contribution in [1.29, 1.82) is 5.26 Å². The second kappa shape index (κ2) is 7.60. The molecule has 0 aliphatic carbocycles. The third-order valence-corrected chi connectivity index (χ3v) is 3.53. The third-order valence-electron chi connectivity index (χ3n) is 2.80. The second-order valence-electron chi connectivity index (χ2n) is 4.39. The maximum atomic E-state index is 12.0. The van der Waals surface area contributed by atoms with Crippen molar-refractivity contribution in [3.8, 4) is 6.07 Å². The number of amides is 1. The van der Waals surface area contributed by atoms with Crippen LogP contribution >= 0.6 is 23.2 Å². The van der Waals surface area contributed by atoms with Crippen molar-refractivity contribution in [3.05, 3.63) is 69.5 Å². The van der Waals surface area contributed by atoms with E-state index >= 15 is 0 Å². The van der Waals surface area contributed by atoms with Crippen LogP contribution in [0.4, 0.5) is 0 Å². The van der Waals surface area contributed by atoms with E-state index in [4.69, 9.17) is 28.5 Å². The molecule has 2 aromatic rings. The summed E-state index contributed by atoms with van der Waals surface area (Å²) in [5, 5.41) is 12.6. The SMILES string of the molecule is N#CC(=Cc1ccc(Cl)c(Cl)c1)C(=O)NCc1cccnc1. The van der Waals surface area contributed by atoms with Crippen LogP contribution in [0.1, 0.15) is 11.1 Å². The van der Waals surface area contributed by atoms with Gasteiger partial charge in [-0.15, -0.1) is 0 Å². The van der Waals surface area contributed by atoms with Gasteiger partial charge in [-0.25, -0.2) is 0 Å². The Balaban J connectivity index is 2.10. The number of nitrogens with one attached hydrogen (secondary N) is 1. The highest BCUT2D eigenvalue weighted by Gasteiger charge is 2.09. The van der Waals surface area contributed by atoms with E-state index in [9.17, 15) is 4.79 Å². The first-order chi connectivity index (χ1) is 10.6. The summed E-state index contributed by atoms with van der Waals surface area (Å²) in [4.78, 5) is 16.0. The van der Waals surface area contributed by atoms with Gasteiger partial charge in [-0.3, -0.25) is 9.78 Å². The van der Waals surface area contributed by atoms with Crippen molar-refractivity contribution in [1.82, 2.24) is 10.3 Å². The number of nitrogens with zero attached hydrogens (tertiary/aromatic N) is 2. The molecular formula is C16H11Cl2N3O. The molecule has 1 amide bonds. The van der Waals surface area contributed by atoms with E-state index in [2.05, 4.69) is 10.3 Å². The van der Waals surface area contributed by atoms with E-state index in [1.54, 1.807) is 36.7 Å². The fraction of sp³-hybridized carbons (Fsp3) is 0.0625. The minimum atomic E-state index is -0.461. The molecule has 0 aliphatic heterocycles. The van der Waals surface area contributed by atoms with Gasteiger partial charge in [0.25, 0.3) is 5.91 Å². The number of nitriles is 1. The molecular weight excluding hydrogens is 321 g/mol. The van der Waals surface area contributed by atoms with Gasteiger partial charge in [0.1, 0.15) is 11.6 Å². The minimum absolute atomic E-state index is 0.0118. The predicted molar refractivity (Wildman–Crippen MR) is 86.1 cm³/mol. The van der Waals surface area contributed by atoms with Gasteiger partial charge >= 0.3 is 0 Å². The molecule has 0 atom stereocenters. The van der Waals surface area contributed by atoms with E-state index in [0.717, 1.165) is 5.56 Å². The molecule has 0 spiro atoms. The first-order valence-electron chi connectivity index (χ1n) is 6.34. The summed E-state index contributed by atoms with van der Waals surface area (Å²) >= 11 is 11.7. The smallest absolute Gasteiger partial charge is 0.262 e. The molecule has 2 rings (SSSR count). The number of rotatable bonds is 4. The summed E-state index contributed by atoms with van der Waals surface area (Å²) < 4.78 is 0. The van der Waals surface area contributed by atoms with Crippen LogP contribution in [0, 0.1) is 11.3 Å². The number of halogens is 2. The highest BCUT2D eigenvalue weighted by molar-refractivity contribution is 6.42. The van der Waals surface area contributed by atoms with Gasteiger partial charge in [0.15, 0.2) is 0 Å². The molecule has 0 fully saturated rings. The number of carbonyl (C=O) groups excluding carboxylic acids is 1. The van der Waals surface area contributed by atoms with Crippen LogP contribution in [0.2, 0.25) is 10.0 Å². The summed E-state index contributed by atoms with van der Waals surface area (Å²) in [5.41, 5.74) is 1.47. The van der Waals surface area contributed by atoms with Gasteiger partial charge in [0.2, 0.25) is 0 Å². The lowest BCUT2D eigenvalue weighted by molar-refractivity contribution is -0.117. The lowest BCUT2D eigenvalue weighted by atomic mass is 10.1. The minimum Gasteiger partial charge on any atom is -0.347 e. The average molecular weight is 332 g/mol. The fourth-order valence-electron chi connectivity index (χ4n) is 1.70. The van der Waals surface area contributed by atoms with Crippen LogP contribution in [0.3, 0.4) is 0 Å². The van der Waals surface area contributed by atoms with E-state index < -0.39 is 5.91 Å². The number of carbonyl (C=O) groups is 1.